The van der Waals surface area contributed by atoms with E-state index in [2.05, 4.69) is 11.4 Å². The summed E-state index contributed by atoms with van der Waals surface area (Å²) in [4.78, 5) is 0. The Morgan fingerprint density at radius 3 is 2.46 bits per heavy atom. The normalized spacial score (nSPS) is 26.2. The van der Waals surface area contributed by atoms with Crippen molar-refractivity contribution >= 4 is 0 Å². The van der Waals surface area contributed by atoms with Gasteiger partial charge in [-0.3, -0.25) is 0 Å². The van der Waals surface area contributed by atoms with E-state index in [1.54, 1.807) is 7.11 Å². The molecule has 1 saturated carbocycles. The number of hydrogen-bond acceptors (Lipinski definition) is 8. The van der Waals surface area contributed by atoms with E-state index in [0.29, 0.717) is 31.4 Å². The number of allylic oxidation sites excluding steroid dienone is 1. The van der Waals surface area contributed by atoms with Crippen molar-refractivity contribution in [3.63, 3.8) is 0 Å². The maximum atomic E-state index is 11.7. The molecule has 0 saturated heterocycles. The van der Waals surface area contributed by atoms with E-state index >= 15 is 0 Å². The number of rotatable bonds is 8. The van der Waals surface area contributed by atoms with Gasteiger partial charge in [-0.15, -0.1) is 0 Å². The number of nitrogens with two attached hydrogens (primary N) is 1. The molecule has 208 valence electrons. The molecule has 1 aliphatic carbocycles. The summed E-state index contributed by atoms with van der Waals surface area (Å²) in [5.74, 6) is 3.32. The van der Waals surface area contributed by atoms with Gasteiger partial charge >= 0.3 is 0 Å². The second-order valence-electron chi connectivity index (χ2n) is 10.8. The maximum absolute atomic E-state index is 11.7. The van der Waals surface area contributed by atoms with Gasteiger partial charge < -0.3 is 39.8 Å². The molecule has 8 heteroatoms. The van der Waals surface area contributed by atoms with Crippen LogP contribution < -0.4 is 30.0 Å². The van der Waals surface area contributed by atoms with Crippen LogP contribution in [0, 0.1) is 11.8 Å². The highest BCUT2D eigenvalue weighted by atomic mass is 16.5. The van der Waals surface area contributed by atoms with Gasteiger partial charge in [0.2, 0.25) is 0 Å². The van der Waals surface area contributed by atoms with E-state index in [1.807, 2.05) is 42.5 Å². The van der Waals surface area contributed by atoms with Crippen LogP contribution >= 0.6 is 0 Å². The van der Waals surface area contributed by atoms with Gasteiger partial charge in [0.05, 0.1) is 51.1 Å². The number of aliphatic hydroxyl groups is 1. The minimum Gasteiger partial charge on any atom is -0.497 e. The van der Waals surface area contributed by atoms with E-state index in [0.717, 1.165) is 59.8 Å². The van der Waals surface area contributed by atoms with Crippen molar-refractivity contribution in [1.82, 2.24) is 5.32 Å². The van der Waals surface area contributed by atoms with Crippen LogP contribution in [-0.2, 0) is 4.74 Å². The zero-order valence-electron chi connectivity index (χ0n) is 22.4. The Kier molecular flexibility index (Phi) is 7.57. The molecule has 6 rings (SSSR count). The van der Waals surface area contributed by atoms with E-state index in [-0.39, 0.29) is 24.0 Å². The molecular weight excluding hydrogens is 496 g/mol. The van der Waals surface area contributed by atoms with Crippen LogP contribution in [0.25, 0.3) is 0 Å². The van der Waals surface area contributed by atoms with Crippen molar-refractivity contribution in [3.8, 4) is 23.0 Å². The van der Waals surface area contributed by atoms with Crippen molar-refractivity contribution in [1.29, 1.82) is 0 Å². The number of ether oxygens (including phenoxy) is 5. The van der Waals surface area contributed by atoms with Crippen LogP contribution in [0.1, 0.15) is 55.4 Å². The molecular formula is C31H38N2O6. The third-order valence-corrected chi connectivity index (χ3v) is 8.33. The Morgan fingerprint density at radius 2 is 1.69 bits per heavy atom. The van der Waals surface area contributed by atoms with Crippen molar-refractivity contribution in [2.45, 2.75) is 50.4 Å². The molecule has 3 heterocycles. The lowest BCUT2D eigenvalue weighted by molar-refractivity contribution is -0.0832. The van der Waals surface area contributed by atoms with Gasteiger partial charge in [-0.25, -0.2) is 0 Å². The average molecular weight is 535 g/mol. The summed E-state index contributed by atoms with van der Waals surface area (Å²) in [5.41, 5.74) is 8.78. The van der Waals surface area contributed by atoms with Gasteiger partial charge in [0, 0.05) is 29.5 Å². The molecule has 2 aromatic carbocycles. The first-order valence-electron chi connectivity index (χ1n) is 14.0. The zero-order valence-corrected chi connectivity index (χ0v) is 22.4. The molecule has 1 fully saturated rings. The Balaban J connectivity index is 1.24. The van der Waals surface area contributed by atoms with E-state index in [1.165, 1.54) is 12.8 Å². The first kappa shape index (κ1) is 25.9. The maximum Gasteiger partial charge on any atom is 0.125 e. The average Bonchev–Trinajstić information content (AvgIpc) is 3.47. The highest BCUT2D eigenvalue weighted by Gasteiger charge is 2.43. The first-order chi connectivity index (χ1) is 19.1. The summed E-state index contributed by atoms with van der Waals surface area (Å²) >= 11 is 0. The Labute approximate surface area is 229 Å². The van der Waals surface area contributed by atoms with E-state index in [4.69, 9.17) is 29.4 Å². The fraction of sp³-hybridized carbons (Fsp3) is 0.484. The summed E-state index contributed by atoms with van der Waals surface area (Å²) in [7, 11) is 1.65. The first-order valence-corrected chi connectivity index (χ1v) is 14.0. The zero-order chi connectivity index (χ0) is 26.8. The van der Waals surface area contributed by atoms with Gasteiger partial charge in [0.1, 0.15) is 23.0 Å². The highest BCUT2D eigenvalue weighted by molar-refractivity contribution is 5.45. The minimum absolute atomic E-state index is 0.130. The van der Waals surface area contributed by atoms with Gasteiger partial charge in [-0.1, -0.05) is 6.08 Å². The van der Waals surface area contributed by atoms with Crippen molar-refractivity contribution in [3.05, 3.63) is 71.1 Å². The molecule has 4 N–H and O–H groups in total. The van der Waals surface area contributed by atoms with Crippen molar-refractivity contribution < 1.29 is 28.8 Å². The Bertz CT molecular complexity index is 1240. The number of aliphatic hydroxyl groups excluding tert-OH is 1. The number of nitrogens with one attached hydrogen (secondary N) is 1. The molecule has 0 amide bonds. The number of methoxy groups -OCH3 is 1. The molecule has 4 atom stereocenters. The van der Waals surface area contributed by atoms with Crippen LogP contribution in [0.4, 0.5) is 0 Å². The largest absolute Gasteiger partial charge is 0.497 e. The van der Waals surface area contributed by atoms with Gasteiger partial charge in [0.25, 0.3) is 0 Å². The predicted octanol–water partition coefficient (Wildman–Crippen LogP) is 4.54. The topological polar surface area (TPSA) is 104 Å². The lowest BCUT2D eigenvalue weighted by Crippen LogP contribution is -2.41. The minimum atomic E-state index is -0.734. The van der Waals surface area contributed by atoms with E-state index in [9.17, 15) is 5.11 Å². The number of hydrogen-bond donors (Lipinski definition) is 3. The molecule has 0 bridgehead atoms. The third-order valence-electron chi connectivity index (χ3n) is 8.33. The summed E-state index contributed by atoms with van der Waals surface area (Å²) in [6.07, 6.45) is 8.60. The molecule has 4 unspecified atom stereocenters. The van der Waals surface area contributed by atoms with Crippen LogP contribution in [-0.4, -0.2) is 44.7 Å². The van der Waals surface area contributed by atoms with Crippen molar-refractivity contribution in [2.75, 3.05) is 33.5 Å². The predicted molar refractivity (Wildman–Crippen MR) is 147 cm³/mol. The summed E-state index contributed by atoms with van der Waals surface area (Å²) < 4.78 is 30.7. The number of fused-ring (bicyclic) bond motifs is 2. The second-order valence-corrected chi connectivity index (χ2v) is 10.8. The highest BCUT2D eigenvalue weighted by Crippen LogP contribution is 2.49. The van der Waals surface area contributed by atoms with Gasteiger partial charge in [-0.2, -0.15) is 0 Å². The molecule has 0 aromatic heterocycles. The summed E-state index contributed by atoms with van der Waals surface area (Å²) in [6, 6.07) is 11.6. The summed E-state index contributed by atoms with van der Waals surface area (Å²) in [5, 5.41) is 14.8. The lowest BCUT2D eigenvalue weighted by atomic mass is 9.77. The smallest absolute Gasteiger partial charge is 0.125 e. The fourth-order valence-corrected chi connectivity index (χ4v) is 6.19. The third kappa shape index (κ3) is 5.54. The molecule has 39 heavy (non-hydrogen) atoms. The quantitative estimate of drug-likeness (QED) is 0.453. The lowest BCUT2D eigenvalue weighted by Gasteiger charge is -2.42. The summed E-state index contributed by atoms with van der Waals surface area (Å²) in [6.45, 7) is 2.02. The molecule has 0 radical (unpaired) electrons. The Morgan fingerprint density at radius 1 is 0.974 bits per heavy atom. The monoisotopic (exact) mass is 534 g/mol. The van der Waals surface area contributed by atoms with Gasteiger partial charge in [-0.05, 0) is 80.2 Å². The standard InChI is InChI=1S/C31H38N2O6/c1-35-21-6-8-28-24(15-21)31(36-13-11-19-10-12-33-29(32)14-19)26(18-38-28)25-17-37-27-9-7-22(16-23(27)30(25)34)39-20-4-2-3-5-20/h6-10,14-16,20,25-26,30-31,33-34H,2-5,11-13,17-18,32H2,1H3. The Hall–Kier alpha value is -3.36. The molecule has 4 aliphatic rings. The van der Waals surface area contributed by atoms with Crippen LogP contribution in [0.2, 0.25) is 0 Å². The molecule has 2 aromatic rings. The van der Waals surface area contributed by atoms with Crippen LogP contribution in [0.3, 0.4) is 0 Å². The molecule has 0 spiro atoms. The van der Waals surface area contributed by atoms with E-state index < -0.39 is 6.10 Å². The van der Waals surface area contributed by atoms with Crippen molar-refractivity contribution in [2.24, 2.45) is 17.6 Å². The number of dihydropyridines is 1. The van der Waals surface area contributed by atoms with Crippen LogP contribution in [0.15, 0.2) is 59.9 Å². The molecule has 8 nitrogen and oxygen atoms in total. The fourth-order valence-electron chi connectivity index (χ4n) is 6.19. The van der Waals surface area contributed by atoms with Crippen LogP contribution in [0.5, 0.6) is 23.0 Å². The molecule has 3 aliphatic heterocycles. The second kappa shape index (κ2) is 11.4. The number of benzene rings is 2. The SMILES string of the molecule is COc1ccc2c(c1)C(OCCC1=CCNC(N)=C1)C(C1COc3ccc(OC4CCCC4)cc3C1O)CO2. The van der Waals surface area contributed by atoms with Gasteiger partial charge in [0.15, 0.2) is 0 Å².